The average Bonchev–Trinajstić information content (AvgIpc) is 2.24. The third-order valence-corrected chi connectivity index (χ3v) is 4.56. The number of thiol groups is 1. The number of hydrogen-bond donors (Lipinski definition) is 2. The van der Waals surface area contributed by atoms with Crippen molar-refractivity contribution in [1.82, 2.24) is 0 Å². The molecule has 1 unspecified atom stereocenters. The van der Waals surface area contributed by atoms with Gasteiger partial charge in [-0.3, -0.25) is 4.55 Å². The van der Waals surface area contributed by atoms with Crippen LogP contribution in [-0.2, 0) is 10.1 Å². The van der Waals surface area contributed by atoms with Gasteiger partial charge in [-0.05, 0) is 6.42 Å². The van der Waals surface area contributed by atoms with Crippen LogP contribution in [0.15, 0.2) is 0 Å². The lowest BCUT2D eigenvalue weighted by Crippen LogP contribution is -2.15. The highest BCUT2D eigenvalue weighted by Crippen LogP contribution is 2.13. The van der Waals surface area contributed by atoms with Gasteiger partial charge < -0.3 is 0 Å². The zero-order valence-corrected chi connectivity index (χ0v) is 13.2. The van der Waals surface area contributed by atoms with E-state index in [1.807, 2.05) is 0 Å². The molecule has 0 aromatic rings. The molecule has 0 fully saturated rings. The quantitative estimate of drug-likeness (QED) is 0.324. The van der Waals surface area contributed by atoms with Crippen LogP contribution in [0.3, 0.4) is 0 Å². The molecule has 0 rings (SSSR count). The predicted octanol–water partition coefficient (Wildman–Crippen LogP) is 4.09. The van der Waals surface area contributed by atoms with E-state index in [-0.39, 0.29) is 11.0 Å². The summed E-state index contributed by atoms with van der Waals surface area (Å²) in [5, 5.41) is -0.232. The molecule has 0 bridgehead atoms. The van der Waals surface area contributed by atoms with Crippen molar-refractivity contribution in [1.29, 1.82) is 0 Å². The van der Waals surface area contributed by atoms with Crippen molar-refractivity contribution in [2.75, 3.05) is 5.75 Å². The maximum absolute atomic E-state index is 10.6. The Kier molecular flexibility index (Phi) is 11.3. The lowest BCUT2D eigenvalue weighted by Gasteiger charge is -2.08. The standard InChI is InChI=1S/C13H28O3S2/c1-2-3-4-5-6-7-8-9-10-11-13(17)12-18(14,15)16/h13,17H,2-12H2,1H3,(H,14,15,16). The summed E-state index contributed by atoms with van der Waals surface area (Å²) in [6, 6.07) is 0. The second-order valence-corrected chi connectivity index (χ2v) is 7.25. The van der Waals surface area contributed by atoms with E-state index >= 15 is 0 Å². The van der Waals surface area contributed by atoms with E-state index in [4.69, 9.17) is 4.55 Å². The molecule has 0 aromatic carbocycles. The minimum Gasteiger partial charge on any atom is -0.286 e. The molecule has 0 saturated heterocycles. The van der Waals surface area contributed by atoms with Gasteiger partial charge in [-0.15, -0.1) is 0 Å². The Labute approximate surface area is 118 Å². The van der Waals surface area contributed by atoms with Crippen LogP contribution in [0.2, 0.25) is 0 Å². The van der Waals surface area contributed by atoms with Crippen LogP contribution in [-0.4, -0.2) is 24.0 Å². The summed E-state index contributed by atoms with van der Waals surface area (Å²) in [5.74, 6) is -0.229. The van der Waals surface area contributed by atoms with Crippen LogP contribution in [0.4, 0.5) is 0 Å². The van der Waals surface area contributed by atoms with Gasteiger partial charge in [0.25, 0.3) is 10.1 Å². The molecule has 18 heavy (non-hydrogen) atoms. The van der Waals surface area contributed by atoms with Crippen molar-refractivity contribution in [3.05, 3.63) is 0 Å². The molecule has 0 spiro atoms. The Hall–Kier alpha value is 0.260. The van der Waals surface area contributed by atoms with Crippen LogP contribution < -0.4 is 0 Å². The van der Waals surface area contributed by atoms with Crippen molar-refractivity contribution in [2.45, 2.75) is 76.4 Å². The molecule has 0 aliphatic rings. The van der Waals surface area contributed by atoms with Crippen LogP contribution in [0.5, 0.6) is 0 Å². The van der Waals surface area contributed by atoms with Gasteiger partial charge in [0.1, 0.15) is 0 Å². The fraction of sp³-hybridized carbons (Fsp3) is 1.00. The van der Waals surface area contributed by atoms with Gasteiger partial charge >= 0.3 is 0 Å². The Morgan fingerprint density at radius 1 is 0.944 bits per heavy atom. The molecule has 0 aliphatic heterocycles. The number of hydrogen-bond acceptors (Lipinski definition) is 3. The van der Waals surface area contributed by atoms with Crippen LogP contribution >= 0.6 is 12.6 Å². The van der Waals surface area contributed by atoms with E-state index in [9.17, 15) is 8.42 Å². The summed E-state index contributed by atoms with van der Waals surface area (Å²) in [4.78, 5) is 0. The number of rotatable bonds is 12. The van der Waals surface area contributed by atoms with Crippen LogP contribution in [0, 0.1) is 0 Å². The summed E-state index contributed by atoms with van der Waals surface area (Å²) < 4.78 is 29.9. The Morgan fingerprint density at radius 2 is 1.39 bits per heavy atom. The van der Waals surface area contributed by atoms with Crippen molar-refractivity contribution >= 4 is 22.7 Å². The molecule has 0 radical (unpaired) electrons. The first kappa shape index (κ1) is 18.3. The fourth-order valence-corrected chi connectivity index (χ4v) is 3.42. The first-order chi connectivity index (χ1) is 8.45. The normalized spacial score (nSPS) is 13.7. The lowest BCUT2D eigenvalue weighted by atomic mass is 10.1. The molecule has 0 saturated carbocycles. The van der Waals surface area contributed by atoms with Gasteiger partial charge in [0.2, 0.25) is 0 Å². The van der Waals surface area contributed by atoms with E-state index in [1.54, 1.807) is 0 Å². The maximum atomic E-state index is 10.6. The van der Waals surface area contributed by atoms with E-state index in [1.165, 1.54) is 44.9 Å². The largest absolute Gasteiger partial charge is 0.286 e. The SMILES string of the molecule is CCCCCCCCCCCC(S)CS(=O)(=O)O. The van der Waals surface area contributed by atoms with Gasteiger partial charge in [-0.2, -0.15) is 21.0 Å². The van der Waals surface area contributed by atoms with Crippen LogP contribution in [0.25, 0.3) is 0 Å². The van der Waals surface area contributed by atoms with Gasteiger partial charge in [0.05, 0.1) is 5.75 Å². The van der Waals surface area contributed by atoms with Gasteiger partial charge in [0.15, 0.2) is 0 Å². The van der Waals surface area contributed by atoms with Gasteiger partial charge in [-0.1, -0.05) is 64.7 Å². The summed E-state index contributed by atoms with van der Waals surface area (Å²) in [7, 11) is -3.86. The van der Waals surface area contributed by atoms with E-state index in [2.05, 4.69) is 19.6 Å². The van der Waals surface area contributed by atoms with E-state index in [0.29, 0.717) is 0 Å². The Morgan fingerprint density at radius 3 is 1.83 bits per heavy atom. The van der Waals surface area contributed by atoms with E-state index < -0.39 is 10.1 Å². The zero-order chi connectivity index (χ0) is 13.9. The Bertz CT molecular complexity index is 276. The smallest absolute Gasteiger partial charge is 0.265 e. The highest BCUT2D eigenvalue weighted by Gasteiger charge is 2.12. The van der Waals surface area contributed by atoms with Crippen molar-refractivity contribution in [3.63, 3.8) is 0 Å². The highest BCUT2D eigenvalue weighted by atomic mass is 32.2. The van der Waals surface area contributed by atoms with Gasteiger partial charge in [-0.25, -0.2) is 0 Å². The maximum Gasteiger partial charge on any atom is 0.265 e. The zero-order valence-electron chi connectivity index (χ0n) is 11.5. The molecule has 0 heterocycles. The first-order valence-electron chi connectivity index (χ1n) is 7.09. The molecule has 0 aliphatic carbocycles. The average molecular weight is 296 g/mol. The minimum absolute atomic E-state index is 0.229. The summed E-state index contributed by atoms with van der Waals surface area (Å²) >= 11 is 4.17. The summed E-state index contributed by atoms with van der Waals surface area (Å²) in [5.41, 5.74) is 0. The molecule has 1 atom stereocenters. The second-order valence-electron chi connectivity index (χ2n) is 5.02. The molecule has 0 amide bonds. The molecule has 3 nitrogen and oxygen atoms in total. The molecule has 5 heteroatoms. The summed E-state index contributed by atoms with van der Waals surface area (Å²) in [6.07, 6.45) is 12.0. The van der Waals surface area contributed by atoms with Crippen molar-refractivity contribution in [2.24, 2.45) is 0 Å². The van der Waals surface area contributed by atoms with Crippen molar-refractivity contribution in [3.8, 4) is 0 Å². The third-order valence-electron chi connectivity index (χ3n) is 3.04. The lowest BCUT2D eigenvalue weighted by molar-refractivity contribution is 0.479. The fourth-order valence-electron chi connectivity index (χ4n) is 2.02. The molecular formula is C13H28O3S2. The molecule has 1 N–H and O–H groups in total. The van der Waals surface area contributed by atoms with Gasteiger partial charge in [0, 0.05) is 5.25 Å². The van der Waals surface area contributed by atoms with E-state index in [0.717, 1.165) is 19.3 Å². The first-order valence-corrected chi connectivity index (χ1v) is 9.21. The minimum atomic E-state index is -3.86. The topological polar surface area (TPSA) is 54.4 Å². The second kappa shape index (κ2) is 11.1. The number of unbranched alkanes of at least 4 members (excludes halogenated alkanes) is 8. The molecule has 0 aromatic heterocycles. The monoisotopic (exact) mass is 296 g/mol. The molecule has 110 valence electrons. The van der Waals surface area contributed by atoms with Crippen molar-refractivity contribution < 1.29 is 13.0 Å². The molecular weight excluding hydrogens is 268 g/mol. The third kappa shape index (κ3) is 14.3. The Balaban J connectivity index is 3.25. The summed E-state index contributed by atoms with van der Waals surface area (Å²) in [6.45, 7) is 2.22. The van der Waals surface area contributed by atoms with Crippen LogP contribution in [0.1, 0.15) is 71.1 Å². The predicted molar refractivity (Wildman–Crippen MR) is 81.0 cm³/mol. The highest BCUT2D eigenvalue weighted by molar-refractivity contribution is 7.88.